The highest BCUT2D eigenvalue weighted by Gasteiger charge is 2.23. The lowest BCUT2D eigenvalue weighted by Gasteiger charge is -2.27. The van der Waals surface area contributed by atoms with Crippen molar-refractivity contribution in [3.8, 4) is 11.5 Å². The molecule has 0 spiro atoms. The van der Waals surface area contributed by atoms with Crippen LogP contribution in [0.25, 0.3) is 0 Å². The Hall–Kier alpha value is -3.02. The van der Waals surface area contributed by atoms with Crippen molar-refractivity contribution < 1.29 is 14.3 Å². The summed E-state index contributed by atoms with van der Waals surface area (Å²) in [5.74, 6) is 1.31. The summed E-state index contributed by atoms with van der Waals surface area (Å²) in [5.41, 5.74) is 3.06. The van der Waals surface area contributed by atoms with Crippen LogP contribution >= 0.6 is 11.6 Å². The highest BCUT2D eigenvalue weighted by atomic mass is 35.5. The van der Waals surface area contributed by atoms with Gasteiger partial charge in [0, 0.05) is 17.8 Å². The van der Waals surface area contributed by atoms with Gasteiger partial charge in [-0.25, -0.2) is 0 Å². The number of amides is 1. The maximum absolute atomic E-state index is 12.5. The molecule has 1 heterocycles. The molecule has 0 atom stereocenters. The molecule has 3 aromatic carbocycles. The first-order valence-corrected chi connectivity index (χ1v) is 10.1. The monoisotopic (exact) mass is 422 g/mol. The van der Waals surface area contributed by atoms with E-state index >= 15 is 0 Å². The second-order valence-electron chi connectivity index (χ2n) is 7.68. The number of anilines is 1. The lowest BCUT2D eigenvalue weighted by molar-refractivity contribution is 0.102. The van der Waals surface area contributed by atoms with Gasteiger partial charge in [0.1, 0.15) is 0 Å². The molecular weight excluding hydrogens is 400 g/mol. The fraction of sp³-hybridized carbons (Fsp3) is 0.208. The molecule has 0 unspecified atom stereocenters. The van der Waals surface area contributed by atoms with E-state index in [1.165, 1.54) is 0 Å². The SMILES string of the molecule is CC(C)(NCc1cccc(NC(=O)c2ccccc2Cl)c1)c1ccc2c(c1)OCO2. The Balaban J connectivity index is 1.43. The molecule has 5 nitrogen and oxygen atoms in total. The van der Waals surface area contributed by atoms with Crippen molar-refractivity contribution >= 4 is 23.2 Å². The van der Waals surface area contributed by atoms with Gasteiger partial charge in [0.05, 0.1) is 10.6 Å². The molecule has 154 valence electrons. The van der Waals surface area contributed by atoms with Crippen molar-refractivity contribution in [1.29, 1.82) is 0 Å². The minimum absolute atomic E-state index is 0.230. The molecule has 0 bridgehead atoms. The van der Waals surface area contributed by atoms with E-state index in [4.69, 9.17) is 21.1 Å². The zero-order valence-corrected chi connectivity index (χ0v) is 17.6. The lowest BCUT2D eigenvalue weighted by Crippen LogP contribution is -2.35. The van der Waals surface area contributed by atoms with Crippen molar-refractivity contribution in [2.45, 2.75) is 25.9 Å². The Morgan fingerprint density at radius 1 is 1.00 bits per heavy atom. The summed E-state index contributed by atoms with van der Waals surface area (Å²) >= 11 is 6.12. The molecule has 2 N–H and O–H groups in total. The Labute approximate surface area is 181 Å². The van der Waals surface area contributed by atoms with E-state index in [0.29, 0.717) is 17.1 Å². The summed E-state index contributed by atoms with van der Waals surface area (Å²) < 4.78 is 10.9. The topological polar surface area (TPSA) is 59.6 Å². The van der Waals surface area contributed by atoms with Crippen LogP contribution in [0.4, 0.5) is 5.69 Å². The van der Waals surface area contributed by atoms with E-state index in [-0.39, 0.29) is 18.2 Å². The Morgan fingerprint density at radius 3 is 2.63 bits per heavy atom. The molecule has 0 aliphatic carbocycles. The van der Waals surface area contributed by atoms with Gasteiger partial charge in [-0.05, 0) is 61.4 Å². The summed E-state index contributed by atoms with van der Waals surface area (Å²) in [5, 5.41) is 6.92. The van der Waals surface area contributed by atoms with Crippen LogP contribution in [-0.4, -0.2) is 12.7 Å². The fourth-order valence-electron chi connectivity index (χ4n) is 3.31. The average Bonchev–Trinajstić information content (AvgIpc) is 3.21. The normalized spacial score (nSPS) is 12.6. The molecular formula is C24H23ClN2O3. The van der Waals surface area contributed by atoms with Gasteiger partial charge in [-0.2, -0.15) is 0 Å². The molecule has 3 aromatic rings. The Kier molecular flexibility index (Phi) is 5.66. The van der Waals surface area contributed by atoms with Crippen molar-refractivity contribution in [3.63, 3.8) is 0 Å². The van der Waals surface area contributed by atoms with Crippen LogP contribution in [0, 0.1) is 0 Å². The molecule has 1 amide bonds. The molecule has 1 aliphatic heterocycles. The van der Waals surface area contributed by atoms with Crippen LogP contribution in [0.3, 0.4) is 0 Å². The van der Waals surface area contributed by atoms with Gasteiger partial charge in [-0.1, -0.05) is 41.9 Å². The number of halogens is 1. The van der Waals surface area contributed by atoms with Crippen LogP contribution in [0.15, 0.2) is 66.7 Å². The smallest absolute Gasteiger partial charge is 0.257 e. The molecule has 6 heteroatoms. The first-order valence-electron chi connectivity index (χ1n) is 9.72. The quantitative estimate of drug-likeness (QED) is 0.562. The summed E-state index contributed by atoms with van der Waals surface area (Å²) in [4.78, 5) is 12.5. The van der Waals surface area contributed by atoms with Crippen LogP contribution in [0.5, 0.6) is 11.5 Å². The number of rotatable bonds is 6. The number of ether oxygens (including phenoxy) is 2. The fourth-order valence-corrected chi connectivity index (χ4v) is 3.53. The zero-order valence-electron chi connectivity index (χ0n) is 16.9. The van der Waals surface area contributed by atoms with Gasteiger partial charge in [-0.15, -0.1) is 0 Å². The molecule has 0 radical (unpaired) electrons. The van der Waals surface area contributed by atoms with E-state index in [0.717, 1.165) is 28.3 Å². The number of nitrogens with one attached hydrogen (secondary N) is 2. The second-order valence-corrected chi connectivity index (χ2v) is 8.09. The lowest BCUT2D eigenvalue weighted by atomic mass is 9.93. The van der Waals surface area contributed by atoms with Gasteiger partial charge in [0.25, 0.3) is 5.91 Å². The maximum Gasteiger partial charge on any atom is 0.257 e. The minimum Gasteiger partial charge on any atom is -0.454 e. The minimum atomic E-state index is -0.280. The van der Waals surface area contributed by atoms with E-state index in [1.54, 1.807) is 24.3 Å². The Bertz CT molecular complexity index is 1080. The van der Waals surface area contributed by atoms with Crippen LogP contribution in [-0.2, 0) is 12.1 Å². The number of benzene rings is 3. The number of carbonyl (C=O) groups excluding carboxylic acids is 1. The largest absolute Gasteiger partial charge is 0.454 e. The zero-order chi connectivity index (χ0) is 21.1. The summed E-state index contributed by atoms with van der Waals surface area (Å²) in [6, 6.07) is 20.8. The maximum atomic E-state index is 12.5. The van der Waals surface area contributed by atoms with Crippen molar-refractivity contribution in [3.05, 3.63) is 88.4 Å². The molecule has 0 fully saturated rings. The van der Waals surface area contributed by atoms with Crippen LogP contribution in [0.1, 0.15) is 35.3 Å². The van der Waals surface area contributed by atoms with E-state index < -0.39 is 0 Å². The number of hydrogen-bond acceptors (Lipinski definition) is 4. The average molecular weight is 423 g/mol. The van der Waals surface area contributed by atoms with Gasteiger partial charge in [-0.3, -0.25) is 4.79 Å². The number of hydrogen-bond donors (Lipinski definition) is 2. The molecule has 30 heavy (non-hydrogen) atoms. The van der Waals surface area contributed by atoms with Crippen LogP contribution in [0.2, 0.25) is 5.02 Å². The van der Waals surface area contributed by atoms with Gasteiger partial charge >= 0.3 is 0 Å². The third-order valence-corrected chi connectivity index (χ3v) is 5.46. The number of fused-ring (bicyclic) bond motifs is 1. The molecule has 4 rings (SSSR count). The summed E-state index contributed by atoms with van der Waals surface area (Å²) in [7, 11) is 0. The van der Waals surface area contributed by atoms with Crippen molar-refractivity contribution in [2.75, 3.05) is 12.1 Å². The van der Waals surface area contributed by atoms with Crippen molar-refractivity contribution in [2.24, 2.45) is 0 Å². The third-order valence-electron chi connectivity index (χ3n) is 5.13. The predicted octanol–water partition coefficient (Wildman–Crippen LogP) is 5.35. The molecule has 0 saturated heterocycles. The molecule has 0 aromatic heterocycles. The van der Waals surface area contributed by atoms with E-state index in [1.807, 2.05) is 42.5 Å². The third kappa shape index (κ3) is 4.42. The Morgan fingerprint density at radius 2 is 1.80 bits per heavy atom. The van der Waals surface area contributed by atoms with Crippen LogP contribution < -0.4 is 20.1 Å². The first kappa shape index (κ1) is 20.3. The summed E-state index contributed by atoms with van der Waals surface area (Å²) in [6.07, 6.45) is 0. The van der Waals surface area contributed by atoms with Gasteiger partial charge < -0.3 is 20.1 Å². The highest BCUT2D eigenvalue weighted by Crippen LogP contribution is 2.35. The summed E-state index contributed by atoms with van der Waals surface area (Å²) in [6.45, 7) is 5.14. The molecule has 0 saturated carbocycles. The van der Waals surface area contributed by atoms with Gasteiger partial charge in [0.2, 0.25) is 6.79 Å². The van der Waals surface area contributed by atoms with Crippen molar-refractivity contribution in [1.82, 2.24) is 5.32 Å². The van der Waals surface area contributed by atoms with E-state index in [9.17, 15) is 4.79 Å². The second kappa shape index (κ2) is 8.38. The van der Waals surface area contributed by atoms with E-state index in [2.05, 4.69) is 24.5 Å². The first-order chi connectivity index (χ1) is 14.4. The number of carbonyl (C=O) groups is 1. The van der Waals surface area contributed by atoms with Gasteiger partial charge in [0.15, 0.2) is 11.5 Å². The highest BCUT2D eigenvalue weighted by molar-refractivity contribution is 6.34. The predicted molar refractivity (Wildman–Crippen MR) is 118 cm³/mol. The molecule has 1 aliphatic rings. The standard InChI is InChI=1S/C24H23ClN2O3/c1-24(2,17-10-11-21-22(13-17)30-15-29-21)26-14-16-6-5-7-18(12-16)27-23(28)19-8-3-4-9-20(19)25/h3-13,26H,14-15H2,1-2H3,(H,27,28).